The van der Waals surface area contributed by atoms with Crippen molar-refractivity contribution in [3.8, 4) is 11.3 Å². The molecule has 0 bridgehead atoms. The van der Waals surface area contributed by atoms with Gasteiger partial charge in [0, 0.05) is 23.9 Å². The molecule has 0 radical (unpaired) electrons. The average Bonchev–Trinajstić information content (AvgIpc) is 2.41. The summed E-state index contributed by atoms with van der Waals surface area (Å²) in [5.41, 5.74) is 0.281. The Hall–Kier alpha value is -2.43. The maximum absolute atomic E-state index is 11.8. The van der Waals surface area contributed by atoms with Gasteiger partial charge in [0.05, 0.1) is 0 Å². The van der Waals surface area contributed by atoms with E-state index in [4.69, 9.17) is 4.42 Å². The molecule has 2 aromatic heterocycles. The smallest absolute Gasteiger partial charge is 0.360 e. The van der Waals surface area contributed by atoms with Crippen LogP contribution >= 0.6 is 0 Å². The SMILES string of the molecule is CC(C)C(=O)Nc1ccc(-c2cccnc2)oc1=O. The summed E-state index contributed by atoms with van der Waals surface area (Å²) in [5.74, 6) is -0.000487. The van der Waals surface area contributed by atoms with Gasteiger partial charge in [0.2, 0.25) is 5.91 Å². The number of hydrogen-bond donors (Lipinski definition) is 1. The Kier molecular flexibility index (Phi) is 3.75. The molecule has 2 aromatic rings. The zero-order valence-corrected chi connectivity index (χ0v) is 10.7. The van der Waals surface area contributed by atoms with Gasteiger partial charge in [-0.2, -0.15) is 0 Å². The summed E-state index contributed by atoms with van der Waals surface area (Å²) < 4.78 is 5.16. The number of hydrogen-bond acceptors (Lipinski definition) is 4. The normalized spacial score (nSPS) is 10.5. The predicted octanol–water partition coefficient (Wildman–Crippen LogP) is 2.30. The van der Waals surface area contributed by atoms with Crippen molar-refractivity contribution in [1.82, 2.24) is 4.98 Å². The molecule has 5 heteroatoms. The van der Waals surface area contributed by atoms with E-state index in [0.29, 0.717) is 11.3 Å². The molecule has 0 spiro atoms. The quantitative estimate of drug-likeness (QED) is 0.916. The first kappa shape index (κ1) is 13.0. The molecule has 1 amide bonds. The van der Waals surface area contributed by atoms with E-state index >= 15 is 0 Å². The second-order valence-electron chi connectivity index (χ2n) is 4.39. The Balaban J connectivity index is 2.28. The topological polar surface area (TPSA) is 72.2 Å². The van der Waals surface area contributed by atoms with Gasteiger partial charge in [-0.1, -0.05) is 13.8 Å². The second-order valence-corrected chi connectivity index (χ2v) is 4.39. The number of amides is 1. The van der Waals surface area contributed by atoms with E-state index in [1.807, 2.05) is 0 Å². The van der Waals surface area contributed by atoms with E-state index in [9.17, 15) is 9.59 Å². The highest BCUT2D eigenvalue weighted by Gasteiger charge is 2.11. The van der Waals surface area contributed by atoms with Crippen molar-refractivity contribution in [1.29, 1.82) is 0 Å². The summed E-state index contributed by atoms with van der Waals surface area (Å²) in [6.45, 7) is 3.50. The van der Waals surface area contributed by atoms with E-state index in [0.717, 1.165) is 0 Å². The third kappa shape index (κ3) is 3.07. The van der Waals surface area contributed by atoms with Gasteiger partial charge in [-0.05, 0) is 24.3 Å². The molecule has 0 aliphatic rings. The van der Waals surface area contributed by atoms with Crippen LogP contribution in [0.4, 0.5) is 5.69 Å². The molecule has 0 saturated heterocycles. The van der Waals surface area contributed by atoms with Gasteiger partial charge in [-0.3, -0.25) is 9.78 Å². The fraction of sp³-hybridized carbons (Fsp3) is 0.214. The highest BCUT2D eigenvalue weighted by molar-refractivity contribution is 5.91. The van der Waals surface area contributed by atoms with E-state index < -0.39 is 5.63 Å². The molecule has 5 nitrogen and oxygen atoms in total. The molecule has 98 valence electrons. The highest BCUT2D eigenvalue weighted by atomic mass is 16.4. The lowest BCUT2D eigenvalue weighted by atomic mass is 10.2. The van der Waals surface area contributed by atoms with Crippen LogP contribution < -0.4 is 10.9 Å². The van der Waals surface area contributed by atoms with E-state index in [1.165, 1.54) is 6.07 Å². The predicted molar refractivity (Wildman–Crippen MR) is 71.7 cm³/mol. The van der Waals surface area contributed by atoms with Crippen LogP contribution in [0.1, 0.15) is 13.8 Å². The monoisotopic (exact) mass is 258 g/mol. The lowest BCUT2D eigenvalue weighted by Crippen LogP contribution is -2.21. The Morgan fingerprint density at radius 1 is 1.32 bits per heavy atom. The van der Waals surface area contributed by atoms with Gasteiger partial charge >= 0.3 is 5.63 Å². The summed E-state index contributed by atoms with van der Waals surface area (Å²) in [4.78, 5) is 27.2. The second kappa shape index (κ2) is 5.48. The van der Waals surface area contributed by atoms with Gasteiger partial charge in [0.15, 0.2) is 0 Å². The number of aromatic nitrogens is 1. The van der Waals surface area contributed by atoms with Gasteiger partial charge in [-0.15, -0.1) is 0 Å². The summed E-state index contributed by atoms with van der Waals surface area (Å²) >= 11 is 0. The van der Waals surface area contributed by atoms with Crippen LogP contribution in [-0.4, -0.2) is 10.9 Å². The van der Waals surface area contributed by atoms with Crippen LogP contribution in [-0.2, 0) is 4.79 Å². The molecule has 0 atom stereocenters. The molecule has 2 heterocycles. The van der Waals surface area contributed by atoms with Crippen molar-refractivity contribution >= 4 is 11.6 Å². The van der Waals surface area contributed by atoms with Gasteiger partial charge < -0.3 is 9.73 Å². The first-order valence-electron chi connectivity index (χ1n) is 5.93. The molecule has 0 unspecified atom stereocenters. The van der Waals surface area contributed by atoms with Crippen molar-refractivity contribution in [2.75, 3.05) is 5.32 Å². The molecule has 0 aliphatic heterocycles. The Morgan fingerprint density at radius 3 is 2.68 bits per heavy atom. The van der Waals surface area contributed by atoms with Gasteiger partial charge in [-0.25, -0.2) is 4.79 Å². The number of nitrogens with zero attached hydrogens (tertiary/aromatic N) is 1. The van der Waals surface area contributed by atoms with Gasteiger partial charge in [0.1, 0.15) is 11.4 Å². The molecular weight excluding hydrogens is 244 g/mol. The summed E-state index contributed by atoms with van der Waals surface area (Å²) in [5, 5.41) is 2.53. The van der Waals surface area contributed by atoms with Crippen LogP contribution in [0.25, 0.3) is 11.3 Å². The van der Waals surface area contributed by atoms with Crippen LogP contribution in [0.2, 0.25) is 0 Å². The zero-order chi connectivity index (χ0) is 13.8. The minimum atomic E-state index is -0.574. The molecule has 19 heavy (non-hydrogen) atoms. The number of carbonyl (C=O) groups is 1. The lowest BCUT2D eigenvalue weighted by Gasteiger charge is -2.06. The average molecular weight is 258 g/mol. The summed E-state index contributed by atoms with van der Waals surface area (Å²) in [6.07, 6.45) is 3.24. The standard InChI is InChI=1S/C14H14N2O3/c1-9(2)13(17)16-11-5-6-12(19-14(11)18)10-4-3-7-15-8-10/h3-9H,1-2H3,(H,16,17). The minimum absolute atomic E-state index is 0.145. The minimum Gasteiger partial charge on any atom is -0.421 e. The highest BCUT2D eigenvalue weighted by Crippen LogP contribution is 2.17. The molecule has 0 saturated carbocycles. The first-order chi connectivity index (χ1) is 9.08. The molecule has 0 fully saturated rings. The Morgan fingerprint density at radius 2 is 2.11 bits per heavy atom. The third-order valence-corrected chi connectivity index (χ3v) is 2.55. The number of pyridine rings is 1. The van der Waals surface area contributed by atoms with Gasteiger partial charge in [0.25, 0.3) is 0 Å². The van der Waals surface area contributed by atoms with Crippen molar-refractivity contribution < 1.29 is 9.21 Å². The fourth-order valence-corrected chi connectivity index (χ4v) is 1.45. The van der Waals surface area contributed by atoms with Crippen LogP contribution in [0, 0.1) is 5.92 Å². The van der Waals surface area contributed by atoms with E-state index in [-0.39, 0.29) is 17.5 Å². The van der Waals surface area contributed by atoms with Crippen LogP contribution in [0.15, 0.2) is 45.9 Å². The van der Waals surface area contributed by atoms with Crippen LogP contribution in [0.5, 0.6) is 0 Å². The number of anilines is 1. The summed E-state index contributed by atoms with van der Waals surface area (Å²) in [6, 6.07) is 6.71. The molecule has 2 rings (SSSR count). The number of carbonyl (C=O) groups excluding carboxylic acids is 1. The fourth-order valence-electron chi connectivity index (χ4n) is 1.45. The first-order valence-corrected chi connectivity index (χ1v) is 5.93. The number of rotatable bonds is 3. The van der Waals surface area contributed by atoms with Crippen LogP contribution in [0.3, 0.4) is 0 Å². The zero-order valence-electron chi connectivity index (χ0n) is 10.7. The van der Waals surface area contributed by atoms with Crippen molar-refractivity contribution in [2.45, 2.75) is 13.8 Å². The van der Waals surface area contributed by atoms with E-state index in [1.54, 1.807) is 44.4 Å². The molecular formula is C14H14N2O3. The Labute approximate surface area is 110 Å². The van der Waals surface area contributed by atoms with E-state index in [2.05, 4.69) is 10.3 Å². The maximum Gasteiger partial charge on any atom is 0.360 e. The molecule has 1 N–H and O–H groups in total. The van der Waals surface area contributed by atoms with Crippen molar-refractivity contribution in [3.63, 3.8) is 0 Å². The van der Waals surface area contributed by atoms with Crippen molar-refractivity contribution in [2.24, 2.45) is 5.92 Å². The Bertz CT molecular complexity index is 633. The number of nitrogens with one attached hydrogen (secondary N) is 1. The maximum atomic E-state index is 11.8. The van der Waals surface area contributed by atoms with Crippen molar-refractivity contribution in [3.05, 3.63) is 47.1 Å². The summed E-state index contributed by atoms with van der Waals surface area (Å²) in [7, 11) is 0. The third-order valence-electron chi connectivity index (χ3n) is 2.55. The molecule has 0 aromatic carbocycles. The molecule has 0 aliphatic carbocycles. The largest absolute Gasteiger partial charge is 0.421 e. The lowest BCUT2D eigenvalue weighted by molar-refractivity contribution is -0.118.